The van der Waals surface area contributed by atoms with Crippen molar-refractivity contribution in [3.05, 3.63) is 35.5 Å². The molecule has 0 amide bonds. The molecule has 0 spiro atoms. The molecule has 94 valence electrons. The highest BCUT2D eigenvalue weighted by Gasteiger charge is 2.52. The SMILES string of the molecule is O=C(O)C1=CC=CC2=NC3(O)OC(CO)C=C3C12. The van der Waals surface area contributed by atoms with Crippen LogP contribution in [0, 0.1) is 5.92 Å². The Hall–Kier alpha value is -1.76. The van der Waals surface area contributed by atoms with Crippen LogP contribution in [0.1, 0.15) is 0 Å². The summed E-state index contributed by atoms with van der Waals surface area (Å²) < 4.78 is 5.21. The topological polar surface area (TPSA) is 99.4 Å². The number of ether oxygens (including phenoxy) is 1. The van der Waals surface area contributed by atoms with E-state index in [2.05, 4.69) is 4.99 Å². The van der Waals surface area contributed by atoms with E-state index in [0.717, 1.165) is 0 Å². The van der Waals surface area contributed by atoms with E-state index in [1.54, 1.807) is 12.2 Å². The van der Waals surface area contributed by atoms with Crippen molar-refractivity contribution in [2.24, 2.45) is 10.9 Å². The quantitative estimate of drug-likeness (QED) is 0.578. The Balaban J connectivity index is 2.07. The third-order valence-corrected chi connectivity index (χ3v) is 3.23. The van der Waals surface area contributed by atoms with E-state index in [4.69, 9.17) is 14.9 Å². The molecule has 3 rings (SSSR count). The number of aliphatic imine (C=N–C) groups is 1. The van der Waals surface area contributed by atoms with Gasteiger partial charge < -0.3 is 20.1 Å². The standard InChI is InChI=1S/C12H11NO5/c14-5-6-4-8-10-7(11(15)16)2-1-3-9(10)13-12(8,17)18-6/h1-4,6,10,14,17H,5H2,(H,15,16). The number of carbonyl (C=O) groups is 1. The Kier molecular flexibility index (Phi) is 2.28. The number of carboxylic acid groups (broad SMARTS) is 1. The Morgan fingerprint density at radius 1 is 1.56 bits per heavy atom. The van der Waals surface area contributed by atoms with E-state index in [1.807, 2.05) is 0 Å². The van der Waals surface area contributed by atoms with Crippen molar-refractivity contribution in [2.45, 2.75) is 12.0 Å². The zero-order valence-corrected chi connectivity index (χ0v) is 9.28. The fraction of sp³-hybridized carbons (Fsp3) is 0.333. The second kappa shape index (κ2) is 3.61. The summed E-state index contributed by atoms with van der Waals surface area (Å²) in [5.41, 5.74) is 0.968. The van der Waals surface area contributed by atoms with Gasteiger partial charge in [0.2, 0.25) is 0 Å². The first-order valence-corrected chi connectivity index (χ1v) is 5.49. The minimum absolute atomic E-state index is 0.139. The van der Waals surface area contributed by atoms with Crippen LogP contribution in [-0.4, -0.2) is 45.6 Å². The summed E-state index contributed by atoms with van der Waals surface area (Å²) >= 11 is 0. The summed E-state index contributed by atoms with van der Waals surface area (Å²) in [6.07, 6.45) is 5.58. The van der Waals surface area contributed by atoms with E-state index in [1.165, 1.54) is 12.2 Å². The zero-order chi connectivity index (χ0) is 12.9. The van der Waals surface area contributed by atoms with Crippen molar-refractivity contribution in [1.82, 2.24) is 0 Å². The average molecular weight is 249 g/mol. The molecule has 0 aromatic carbocycles. The molecule has 0 saturated carbocycles. The van der Waals surface area contributed by atoms with Crippen molar-refractivity contribution in [2.75, 3.05) is 6.61 Å². The predicted molar refractivity (Wildman–Crippen MR) is 60.8 cm³/mol. The fourth-order valence-electron chi connectivity index (χ4n) is 2.49. The van der Waals surface area contributed by atoms with E-state index in [0.29, 0.717) is 11.3 Å². The number of carboxylic acids is 1. The highest BCUT2D eigenvalue weighted by atomic mass is 16.7. The van der Waals surface area contributed by atoms with Gasteiger partial charge in [-0.15, -0.1) is 0 Å². The lowest BCUT2D eigenvalue weighted by Gasteiger charge is -2.19. The third-order valence-electron chi connectivity index (χ3n) is 3.23. The maximum atomic E-state index is 11.2. The van der Waals surface area contributed by atoms with Gasteiger partial charge in [0.05, 0.1) is 23.8 Å². The van der Waals surface area contributed by atoms with Crippen LogP contribution < -0.4 is 0 Å². The lowest BCUT2D eigenvalue weighted by molar-refractivity contribution is -0.176. The molecule has 3 aliphatic rings. The lowest BCUT2D eigenvalue weighted by Crippen LogP contribution is -2.30. The molecule has 6 nitrogen and oxygen atoms in total. The molecule has 0 saturated heterocycles. The van der Waals surface area contributed by atoms with Gasteiger partial charge in [0.15, 0.2) is 0 Å². The summed E-state index contributed by atoms with van der Waals surface area (Å²) in [5.74, 6) is -3.50. The van der Waals surface area contributed by atoms with Crippen LogP contribution in [0.3, 0.4) is 0 Å². The van der Waals surface area contributed by atoms with E-state index >= 15 is 0 Å². The van der Waals surface area contributed by atoms with Gasteiger partial charge in [-0.2, -0.15) is 0 Å². The third kappa shape index (κ3) is 1.40. The van der Waals surface area contributed by atoms with Crippen LogP contribution in [0.25, 0.3) is 0 Å². The highest BCUT2D eigenvalue weighted by molar-refractivity contribution is 6.10. The molecular weight excluding hydrogens is 238 g/mol. The Bertz CT molecular complexity index is 545. The Morgan fingerprint density at radius 3 is 3.00 bits per heavy atom. The number of hydrogen-bond acceptors (Lipinski definition) is 5. The van der Waals surface area contributed by atoms with Gasteiger partial charge >= 0.3 is 5.97 Å². The zero-order valence-electron chi connectivity index (χ0n) is 9.28. The maximum Gasteiger partial charge on any atom is 0.332 e. The van der Waals surface area contributed by atoms with Crippen LogP contribution in [-0.2, 0) is 9.53 Å². The number of aliphatic hydroxyl groups is 2. The van der Waals surface area contributed by atoms with Crippen molar-refractivity contribution in [3.8, 4) is 0 Å². The second-order valence-electron chi connectivity index (χ2n) is 4.33. The highest BCUT2D eigenvalue weighted by Crippen LogP contribution is 2.45. The average Bonchev–Trinajstić information content (AvgIpc) is 2.78. The molecule has 3 atom stereocenters. The molecular formula is C12H11NO5. The maximum absolute atomic E-state index is 11.2. The van der Waals surface area contributed by atoms with Crippen LogP contribution in [0.15, 0.2) is 40.4 Å². The number of rotatable bonds is 2. The van der Waals surface area contributed by atoms with Crippen molar-refractivity contribution in [3.63, 3.8) is 0 Å². The van der Waals surface area contributed by atoms with Gasteiger partial charge in [-0.3, -0.25) is 0 Å². The minimum atomic E-state index is -1.84. The molecule has 0 fully saturated rings. The molecule has 0 aromatic rings. The van der Waals surface area contributed by atoms with Gasteiger partial charge in [-0.25, -0.2) is 9.79 Å². The first-order chi connectivity index (χ1) is 8.55. The fourth-order valence-corrected chi connectivity index (χ4v) is 2.49. The molecule has 3 N–H and O–H groups in total. The molecule has 0 radical (unpaired) electrons. The van der Waals surface area contributed by atoms with E-state index < -0.39 is 23.9 Å². The van der Waals surface area contributed by atoms with Gasteiger partial charge in [-0.1, -0.05) is 12.2 Å². The predicted octanol–water partition coefficient (Wildman–Crippen LogP) is -0.398. The molecule has 0 aromatic heterocycles. The number of allylic oxidation sites excluding steroid dienone is 3. The Morgan fingerprint density at radius 2 is 2.33 bits per heavy atom. The van der Waals surface area contributed by atoms with Crippen LogP contribution >= 0.6 is 0 Å². The monoisotopic (exact) mass is 249 g/mol. The normalized spacial score (nSPS) is 36.7. The molecule has 0 bridgehead atoms. The first kappa shape index (κ1) is 11.3. The minimum Gasteiger partial charge on any atom is -0.478 e. The molecule has 6 heteroatoms. The van der Waals surface area contributed by atoms with Crippen LogP contribution in [0.5, 0.6) is 0 Å². The van der Waals surface area contributed by atoms with Crippen LogP contribution in [0.2, 0.25) is 0 Å². The van der Waals surface area contributed by atoms with Crippen molar-refractivity contribution < 1.29 is 24.9 Å². The molecule has 3 unspecified atom stereocenters. The smallest absolute Gasteiger partial charge is 0.332 e. The second-order valence-corrected chi connectivity index (χ2v) is 4.33. The molecule has 2 heterocycles. The summed E-state index contributed by atoms with van der Waals surface area (Å²) in [6.45, 7) is -0.286. The first-order valence-electron chi connectivity index (χ1n) is 5.49. The van der Waals surface area contributed by atoms with Gasteiger partial charge in [0.1, 0.15) is 6.10 Å². The molecule has 18 heavy (non-hydrogen) atoms. The summed E-state index contributed by atoms with van der Waals surface area (Å²) in [5, 5.41) is 28.4. The Labute approximate surface area is 102 Å². The van der Waals surface area contributed by atoms with Gasteiger partial charge in [0, 0.05) is 5.57 Å². The molecule has 2 aliphatic heterocycles. The van der Waals surface area contributed by atoms with Crippen LogP contribution in [0.4, 0.5) is 0 Å². The number of aliphatic carboxylic acids is 1. The number of fused-ring (bicyclic) bond motifs is 3. The van der Waals surface area contributed by atoms with E-state index in [9.17, 15) is 9.90 Å². The van der Waals surface area contributed by atoms with Gasteiger partial charge in [-0.05, 0) is 12.2 Å². The van der Waals surface area contributed by atoms with Crippen molar-refractivity contribution in [1.29, 1.82) is 0 Å². The lowest BCUT2D eigenvalue weighted by atomic mass is 9.84. The molecule has 1 aliphatic carbocycles. The number of aliphatic hydroxyl groups excluding tert-OH is 1. The van der Waals surface area contributed by atoms with Gasteiger partial charge in [0.25, 0.3) is 5.91 Å². The van der Waals surface area contributed by atoms with E-state index in [-0.39, 0.29) is 12.2 Å². The summed E-state index contributed by atoms with van der Waals surface area (Å²) in [7, 11) is 0. The summed E-state index contributed by atoms with van der Waals surface area (Å²) in [6, 6.07) is 0. The number of nitrogens with zero attached hydrogens (tertiary/aromatic N) is 1. The largest absolute Gasteiger partial charge is 0.478 e. The number of hydrogen-bond donors (Lipinski definition) is 3. The van der Waals surface area contributed by atoms with Crippen molar-refractivity contribution >= 4 is 11.7 Å². The summed E-state index contributed by atoms with van der Waals surface area (Å²) in [4.78, 5) is 15.2.